The predicted octanol–water partition coefficient (Wildman–Crippen LogP) is 3.34. The van der Waals surface area contributed by atoms with Crippen LogP contribution in [0.25, 0.3) is 0 Å². The Hall–Kier alpha value is -1.87. The third-order valence-electron chi connectivity index (χ3n) is 2.75. The summed E-state index contributed by atoms with van der Waals surface area (Å²) in [6, 6.07) is 0. The molecule has 24 heavy (non-hydrogen) atoms. The largest absolute Gasteiger partial charge is 0.311 e. The number of nitrogens with zero attached hydrogens (tertiary/aromatic N) is 3. The standard InChI is InChI=1S/C15H22N4O3S2/c1-3-4-5-6-7-8-9-10-11-12-16-24(21,22)15-19-18-14(23-15)17-13(2)20/h7-8,10-12H,3-6,9H2,1-2H3,(H,17,18,20)/b8-7+,11-10+,16-12?. The molecule has 0 radical (unpaired) electrons. The topological polar surface area (TPSA) is 101 Å². The molecule has 0 aromatic carbocycles. The second kappa shape index (κ2) is 10.8. The highest BCUT2D eigenvalue weighted by atomic mass is 32.2. The Labute approximate surface area is 146 Å². The zero-order chi connectivity index (χ0) is 17.8. The molecule has 1 amide bonds. The highest BCUT2D eigenvalue weighted by Crippen LogP contribution is 2.21. The molecule has 0 fully saturated rings. The molecule has 0 aliphatic heterocycles. The van der Waals surface area contributed by atoms with Gasteiger partial charge in [0.15, 0.2) is 0 Å². The van der Waals surface area contributed by atoms with Gasteiger partial charge in [-0.3, -0.25) is 4.79 Å². The van der Waals surface area contributed by atoms with Gasteiger partial charge in [0.2, 0.25) is 11.0 Å². The maximum absolute atomic E-state index is 11.9. The molecular formula is C15H22N4O3S2. The number of carbonyl (C=O) groups excluding carboxylic acids is 1. The first-order valence-electron chi connectivity index (χ1n) is 7.67. The maximum Gasteiger partial charge on any atom is 0.311 e. The number of aromatic nitrogens is 2. The molecule has 9 heteroatoms. The lowest BCUT2D eigenvalue weighted by atomic mass is 10.2. The molecule has 0 aliphatic rings. The van der Waals surface area contributed by atoms with E-state index in [4.69, 9.17) is 0 Å². The molecule has 0 aliphatic carbocycles. The minimum atomic E-state index is -3.89. The SMILES string of the molecule is CCCCC/C=C/C/C=C/C=NS(=O)(=O)c1nnc(NC(C)=O)s1. The smallest absolute Gasteiger partial charge is 0.301 e. The van der Waals surface area contributed by atoms with Gasteiger partial charge in [-0.15, -0.1) is 10.2 Å². The monoisotopic (exact) mass is 370 g/mol. The van der Waals surface area contributed by atoms with Crippen molar-refractivity contribution in [3.63, 3.8) is 0 Å². The zero-order valence-corrected chi connectivity index (χ0v) is 15.4. The van der Waals surface area contributed by atoms with Gasteiger partial charge < -0.3 is 5.32 Å². The Morgan fingerprint density at radius 2 is 2.04 bits per heavy atom. The summed E-state index contributed by atoms with van der Waals surface area (Å²) in [5, 5.41) is 9.60. The second-order valence-corrected chi connectivity index (χ2v) is 7.70. The number of amides is 1. The average Bonchev–Trinajstić information content (AvgIpc) is 2.97. The number of sulfonamides is 1. The molecule has 0 atom stereocenters. The van der Waals surface area contributed by atoms with Gasteiger partial charge in [0.05, 0.1) is 0 Å². The fourth-order valence-corrected chi connectivity index (χ4v) is 3.40. The Morgan fingerprint density at radius 3 is 2.75 bits per heavy atom. The first-order valence-corrected chi connectivity index (χ1v) is 9.93. The van der Waals surface area contributed by atoms with Gasteiger partial charge >= 0.3 is 10.0 Å². The van der Waals surface area contributed by atoms with Crippen molar-refractivity contribution in [3.8, 4) is 0 Å². The van der Waals surface area contributed by atoms with Crippen LogP contribution in [0.15, 0.2) is 33.0 Å². The lowest BCUT2D eigenvalue weighted by molar-refractivity contribution is -0.114. The first-order chi connectivity index (χ1) is 11.5. The zero-order valence-electron chi connectivity index (χ0n) is 13.8. The Bertz CT molecular complexity index is 706. The summed E-state index contributed by atoms with van der Waals surface area (Å²) >= 11 is 0.758. The van der Waals surface area contributed by atoms with E-state index in [1.807, 2.05) is 12.2 Å². The molecule has 0 saturated heterocycles. The van der Waals surface area contributed by atoms with Crippen LogP contribution >= 0.6 is 11.3 Å². The van der Waals surface area contributed by atoms with E-state index >= 15 is 0 Å². The van der Waals surface area contributed by atoms with Crippen LogP contribution < -0.4 is 5.32 Å². The van der Waals surface area contributed by atoms with E-state index in [0.717, 1.165) is 24.2 Å². The number of allylic oxidation sites excluding steroid dienone is 4. The van der Waals surface area contributed by atoms with E-state index in [2.05, 4.69) is 32.9 Å². The summed E-state index contributed by atoms with van der Waals surface area (Å²) in [7, 11) is -3.89. The van der Waals surface area contributed by atoms with Crippen LogP contribution in [0.1, 0.15) is 46.0 Å². The van der Waals surface area contributed by atoms with Gasteiger partial charge in [-0.05, 0) is 25.3 Å². The lowest BCUT2D eigenvalue weighted by Crippen LogP contribution is -2.04. The van der Waals surface area contributed by atoms with E-state index in [0.29, 0.717) is 0 Å². The Balaban J connectivity index is 2.46. The minimum absolute atomic E-state index is 0.125. The van der Waals surface area contributed by atoms with E-state index in [9.17, 15) is 13.2 Å². The van der Waals surface area contributed by atoms with Crippen LogP contribution in [0.3, 0.4) is 0 Å². The maximum atomic E-state index is 11.9. The van der Waals surface area contributed by atoms with Crippen molar-refractivity contribution in [1.82, 2.24) is 10.2 Å². The van der Waals surface area contributed by atoms with Gasteiger partial charge in [-0.1, -0.05) is 49.3 Å². The number of hydrogen-bond acceptors (Lipinski definition) is 6. The summed E-state index contributed by atoms with van der Waals surface area (Å²) in [5.74, 6) is -0.343. The van der Waals surface area contributed by atoms with Crippen molar-refractivity contribution in [3.05, 3.63) is 24.3 Å². The summed E-state index contributed by atoms with van der Waals surface area (Å²) in [4.78, 5) is 10.9. The number of hydrogen-bond donors (Lipinski definition) is 1. The van der Waals surface area contributed by atoms with E-state index < -0.39 is 10.0 Å². The van der Waals surface area contributed by atoms with Crippen LogP contribution in [0, 0.1) is 0 Å². The van der Waals surface area contributed by atoms with Crippen LogP contribution in [-0.4, -0.2) is 30.7 Å². The fraction of sp³-hybridized carbons (Fsp3) is 0.467. The van der Waals surface area contributed by atoms with Crippen LogP contribution in [-0.2, 0) is 14.8 Å². The van der Waals surface area contributed by atoms with Crippen LogP contribution in [0.4, 0.5) is 5.13 Å². The average molecular weight is 371 g/mol. The van der Waals surface area contributed by atoms with Crippen molar-refractivity contribution in [2.24, 2.45) is 4.40 Å². The lowest BCUT2D eigenvalue weighted by Gasteiger charge is -1.91. The second-order valence-electron chi connectivity index (χ2n) is 4.91. The Kier molecular flexibility index (Phi) is 9.10. The number of nitrogens with one attached hydrogen (secondary N) is 1. The van der Waals surface area contributed by atoms with Gasteiger partial charge in [0, 0.05) is 13.1 Å². The number of unbranched alkanes of at least 4 members (excludes halogenated alkanes) is 3. The van der Waals surface area contributed by atoms with Gasteiger partial charge in [-0.2, -0.15) is 12.8 Å². The van der Waals surface area contributed by atoms with Crippen molar-refractivity contribution < 1.29 is 13.2 Å². The molecule has 1 aromatic heterocycles. The molecule has 0 unspecified atom stereocenters. The quantitative estimate of drug-likeness (QED) is 0.294. The highest BCUT2D eigenvalue weighted by molar-refractivity contribution is 7.92. The summed E-state index contributed by atoms with van der Waals surface area (Å²) < 4.78 is 27.1. The van der Waals surface area contributed by atoms with Crippen molar-refractivity contribution in [1.29, 1.82) is 0 Å². The molecule has 7 nitrogen and oxygen atoms in total. The van der Waals surface area contributed by atoms with E-state index in [1.54, 1.807) is 6.08 Å². The summed E-state index contributed by atoms with van der Waals surface area (Å²) in [6.45, 7) is 3.47. The minimum Gasteiger partial charge on any atom is -0.301 e. The van der Waals surface area contributed by atoms with Gasteiger partial charge in [0.1, 0.15) is 0 Å². The van der Waals surface area contributed by atoms with Crippen molar-refractivity contribution in [2.75, 3.05) is 5.32 Å². The third-order valence-corrected chi connectivity index (χ3v) is 5.18. The summed E-state index contributed by atoms with van der Waals surface area (Å²) in [5.41, 5.74) is 0. The van der Waals surface area contributed by atoms with Gasteiger partial charge in [-0.25, -0.2) is 0 Å². The molecule has 0 spiro atoms. The first kappa shape index (κ1) is 20.2. The van der Waals surface area contributed by atoms with Crippen molar-refractivity contribution >= 4 is 38.6 Å². The molecule has 1 N–H and O–H groups in total. The van der Waals surface area contributed by atoms with E-state index in [-0.39, 0.29) is 15.4 Å². The molecule has 1 heterocycles. The third kappa shape index (κ3) is 8.11. The summed E-state index contributed by atoms with van der Waals surface area (Å²) in [6.07, 6.45) is 14.2. The van der Waals surface area contributed by atoms with E-state index in [1.165, 1.54) is 32.4 Å². The molecule has 0 saturated carbocycles. The predicted molar refractivity (Wildman–Crippen MR) is 96.9 cm³/mol. The van der Waals surface area contributed by atoms with Gasteiger partial charge in [0.25, 0.3) is 4.34 Å². The van der Waals surface area contributed by atoms with Crippen LogP contribution in [0.2, 0.25) is 0 Å². The Morgan fingerprint density at radius 1 is 1.25 bits per heavy atom. The molecule has 1 aromatic rings. The van der Waals surface area contributed by atoms with Crippen LogP contribution in [0.5, 0.6) is 0 Å². The molecule has 1 rings (SSSR count). The number of carbonyl (C=O) groups is 1. The fourth-order valence-electron chi connectivity index (χ4n) is 1.62. The molecular weight excluding hydrogens is 348 g/mol. The molecule has 0 bridgehead atoms. The molecule has 132 valence electrons. The number of anilines is 1. The van der Waals surface area contributed by atoms with Crippen molar-refractivity contribution in [2.45, 2.75) is 50.3 Å². The normalized spacial score (nSPS) is 12.6. The highest BCUT2D eigenvalue weighted by Gasteiger charge is 2.18. The number of rotatable bonds is 10.